The number of aryl methyl sites for hydroxylation is 1. The fraction of sp³-hybridized carbons (Fsp3) is 0.345. The van der Waals surface area contributed by atoms with Gasteiger partial charge in [-0.25, -0.2) is 5.57 Å². The summed E-state index contributed by atoms with van der Waals surface area (Å²) in [5.74, 6) is 0.560. The van der Waals surface area contributed by atoms with Crippen LogP contribution in [0, 0.1) is 18.9 Å². The van der Waals surface area contributed by atoms with E-state index in [4.69, 9.17) is 10.2 Å². The predicted octanol–water partition coefficient (Wildman–Crippen LogP) is 5.99. The van der Waals surface area contributed by atoms with E-state index in [1.54, 1.807) is 23.3 Å². The van der Waals surface area contributed by atoms with Gasteiger partial charge in [-0.3, -0.25) is 6.08 Å². The van der Waals surface area contributed by atoms with Crippen LogP contribution in [0.2, 0.25) is 13.1 Å². The molecule has 0 saturated carbocycles. The maximum atomic E-state index is 8.25. The molecule has 1 aliphatic carbocycles. The number of allylic oxidation sites excluding steroid dienone is 4. The number of fused-ring (bicyclic) bond motifs is 1. The summed E-state index contributed by atoms with van der Waals surface area (Å²) in [6.07, 6.45) is 3.36. The van der Waals surface area contributed by atoms with Crippen molar-refractivity contribution in [3.63, 3.8) is 0 Å². The Morgan fingerprint density at radius 1 is 0.879 bits per heavy atom. The van der Waals surface area contributed by atoms with Crippen LogP contribution in [-0.4, -0.2) is 19.7 Å². The summed E-state index contributed by atoms with van der Waals surface area (Å²) < 4.78 is 0. The largest absolute Gasteiger partial charge is 0.165 e. The van der Waals surface area contributed by atoms with Gasteiger partial charge in [-0.2, -0.15) is 31.4 Å². The van der Waals surface area contributed by atoms with Gasteiger partial charge in [-0.15, -0.1) is 41.5 Å². The molecule has 0 radical (unpaired) electrons. The monoisotopic (exact) mass is 536 g/mol. The van der Waals surface area contributed by atoms with Crippen LogP contribution in [-0.2, 0) is 23.3 Å². The van der Waals surface area contributed by atoms with E-state index in [1.807, 2.05) is 0 Å². The number of benzene rings is 2. The van der Waals surface area contributed by atoms with E-state index in [9.17, 15) is 0 Å². The molecule has 1 unspecified atom stereocenters. The molecule has 1 atom stereocenters. The third kappa shape index (κ3) is 10.6. The minimum absolute atomic E-state index is 0.210. The maximum absolute atomic E-state index is 8.25. The molecule has 0 saturated heterocycles. The maximum Gasteiger partial charge on any atom is -0.0279 e. The molecule has 33 heavy (non-hydrogen) atoms. The molecule has 0 heterocycles. The van der Waals surface area contributed by atoms with Crippen molar-refractivity contribution in [2.75, 3.05) is 14.2 Å². The van der Waals surface area contributed by atoms with Gasteiger partial charge in [0, 0.05) is 0 Å². The second-order valence-electron chi connectivity index (χ2n) is 8.01. The summed E-state index contributed by atoms with van der Waals surface area (Å²) in [7, 11) is 1.50. The molecule has 4 heteroatoms. The Balaban J connectivity index is 0.000000513. The summed E-state index contributed by atoms with van der Waals surface area (Å²) in [4.78, 5) is 0. The van der Waals surface area contributed by atoms with Crippen molar-refractivity contribution in [3.05, 3.63) is 89.0 Å². The van der Waals surface area contributed by atoms with Gasteiger partial charge in [-0.1, -0.05) is 75.6 Å². The molecule has 0 amide bonds. The minimum Gasteiger partial charge on any atom is -0.165 e. The Labute approximate surface area is 216 Å². The van der Waals surface area contributed by atoms with Crippen LogP contribution < -0.4 is 10.2 Å². The smallest absolute Gasteiger partial charge is 0.0279 e. The number of hydrogen-bond acceptors (Lipinski definition) is 2. The van der Waals surface area contributed by atoms with Crippen molar-refractivity contribution in [2.45, 2.75) is 47.7 Å². The zero-order valence-electron chi connectivity index (χ0n) is 21.7. The average molecular weight is 538 g/mol. The van der Waals surface area contributed by atoms with E-state index in [0.717, 1.165) is 14.2 Å². The Morgan fingerprint density at radius 3 is 1.85 bits per heavy atom. The molecule has 0 aliphatic heterocycles. The van der Waals surface area contributed by atoms with E-state index in [1.165, 1.54) is 44.2 Å². The summed E-state index contributed by atoms with van der Waals surface area (Å²) in [6, 6.07) is 21.6. The molecule has 0 fully saturated rings. The van der Waals surface area contributed by atoms with Crippen LogP contribution in [0.15, 0.2) is 77.4 Å². The Bertz CT molecular complexity index is 1040. The first-order valence-corrected chi connectivity index (χ1v) is 17.2. The van der Waals surface area contributed by atoms with Crippen molar-refractivity contribution < 1.29 is 33.5 Å². The first-order chi connectivity index (χ1) is 15.7. The average Bonchev–Trinajstić information content (AvgIpc) is 3.30. The van der Waals surface area contributed by atoms with Gasteiger partial charge in [0.1, 0.15) is 0 Å². The van der Waals surface area contributed by atoms with E-state index < -0.39 is 0 Å². The summed E-state index contributed by atoms with van der Waals surface area (Å²) in [5.41, 5.74) is 8.40. The van der Waals surface area contributed by atoms with Gasteiger partial charge in [0.05, 0.1) is 0 Å². The standard InChI is InChI=1S/C16H13.C9H13.C2H6Si.2CH3O.Zr/c1-12-10-14-8-5-9-15(16(14)11-12)13-6-3-2-4-7-13;1-6-5-7(2)9(4)8(6)3;1-3-2;2*1-2;/h2-11H,1H3;6H,1-4H3;1-2H3;2*1H3;/q2*-1;;2*-1;+2. The second-order valence-corrected chi connectivity index (χ2v) is 17.4. The van der Waals surface area contributed by atoms with E-state index in [0.29, 0.717) is 5.92 Å². The van der Waals surface area contributed by atoms with Gasteiger partial charge >= 0.3 is 41.9 Å². The van der Waals surface area contributed by atoms with E-state index in [2.05, 4.69) is 114 Å². The van der Waals surface area contributed by atoms with Crippen LogP contribution in [0.4, 0.5) is 0 Å². The zero-order valence-corrected chi connectivity index (χ0v) is 25.1. The number of hydrogen-bond donors (Lipinski definition) is 0. The van der Waals surface area contributed by atoms with Gasteiger partial charge < -0.3 is 10.2 Å². The summed E-state index contributed by atoms with van der Waals surface area (Å²) in [6.45, 7) is 15.4. The summed E-state index contributed by atoms with van der Waals surface area (Å²) in [5, 5.41) is 19.2. The van der Waals surface area contributed by atoms with Crippen molar-refractivity contribution >= 4 is 16.2 Å². The predicted molar refractivity (Wildman–Crippen MR) is 139 cm³/mol. The van der Waals surface area contributed by atoms with Gasteiger partial charge in [0.2, 0.25) is 0 Å². The van der Waals surface area contributed by atoms with E-state index in [-0.39, 0.29) is 5.43 Å². The number of rotatable bonds is 1. The zero-order chi connectivity index (χ0) is 25.6. The SMILES string of the molecule is CC1=[C-]C(C)C(C)=C1C.C[O-].C[O-].C[Si](C)=[Zr+2].Cc1cc2c(-c3ccccc3)cccc2[cH-]1. The first-order valence-electron chi connectivity index (χ1n) is 11.0. The summed E-state index contributed by atoms with van der Waals surface area (Å²) >= 11 is 1.74. The minimum atomic E-state index is 0.210. The van der Waals surface area contributed by atoms with Crippen LogP contribution in [0.3, 0.4) is 0 Å². The van der Waals surface area contributed by atoms with Crippen molar-refractivity contribution in [2.24, 2.45) is 5.92 Å². The third-order valence-electron chi connectivity index (χ3n) is 5.22. The Kier molecular flexibility index (Phi) is 16.3. The molecule has 4 rings (SSSR count). The third-order valence-corrected chi connectivity index (χ3v) is 5.22. The molecule has 176 valence electrons. The molecule has 0 bridgehead atoms. The molecule has 3 aromatic rings. The van der Waals surface area contributed by atoms with Crippen molar-refractivity contribution in [3.8, 4) is 11.1 Å². The van der Waals surface area contributed by atoms with Gasteiger partial charge in [-0.05, 0) is 5.56 Å². The van der Waals surface area contributed by atoms with Crippen molar-refractivity contribution in [1.82, 2.24) is 0 Å². The normalized spacial score (nSPS) is 13.8. The molecule has 2 nitrogen and oxygen atoms in total. The first kappa shape index (κ1) is 31.6. The van der Waals surface area contributed by atoms with Crippen molar-refractivity contribution in [1.29, 1.82) is 0 Å². The molecular formula is C29H38O2SiZr-2. The molecular weight excluding hydrogens is 500 g/mol. The Hall–Kier alpha value is -1.45. The fourth-order valence-electron chi connectivity index (χ4n) is 3.42. The molecule has 0 aromatic heterocycles. The van der Waals surface area contributed by atoms with Gasteiger partial charge in [0.15, 0.2) is 0 Å². The van der Waals surface area contributed by atoms with Crippen LogP contribution in [0.5, 0.6) is 0 Å². The molecule has 1 aliphatic rings. The topological polar surface area (TPSA) is 46.1 Å². The quantitative estimate of drug-likeness (QED) is 0.283. The van der Waals surface area contributed by atoms with Gasteiger partial charge in [0.25, 0.3) is 0 Å². The van der Waals surface area contributed by atoms with E-state index >= 15 is 0 Å². The molecule has 3 aromatic carbocycles. The second kappa shape index (κ2) is 17.1. The van der Waals surface area contributed by atoms with Crippen LogP contribution >= 0.6 is 0 Å². The van der Waals surface area contributed by atoms with Crippen LogP contribution in [0.1, 0.15) is 33.3 Å². The Morgan fingerprint density at radius 2 is 1.42 bits per heavy atom. The fourth-order valence-corrected chi connectivity index (χ4v) is 3.42. The molecule has 0 N–H and O–H groups in total. The molecule has 0 spiro atoms. The van der Waals surface area contributed by atoms with Crippen LogP contribution in [0.25, 0.3) is 21.9 Å².